The number of rotatable bonds is 11. The van der Waals surface area contributed by atoms with Crippen molar-refractivity contribution in [3.63, 3.8) is 0 Å². The molecule has 0 aliphatic carbocycles. The molecule has 0 saturated heterocycles. The summed E-state index contributed by atoms with van der Waals surface area (Å²) in [6.07, 6.45) is 7.43. The van der Waals surface area contributed by atoms with E-state index in [1.54, 1.807) is 0 Å². The summed E-state index contributed by atoms with van der Waals surface area (Å²) in [6, 6.07) is 26.2. The van der Waals surface area contributed by atoms with Crippen molar-refractivity contribution in [3.05, 3.63) is 130 Å². The Balaban J connectivity index is 0. The maximum absolute atomic E-state index is 5.08. The van der Waals surface area contributed by atoms with Crippen LogP contribution in [0.25, 0.3) is 22.3 Å². The second-order valence-corrected chi connectivity index (χ2v) is 15.0. The van der Waals surface area contributed by atoms with E-state index in [1.807, 2.05) is 61.2 Å². The molecule has 0 aliphatic heterocycles. The van der Waals surface area contributed by atoms with E-state index in [4.69, 9.17) is 9.98 Å². The predicted molar refractivity (Wildman–Crippen MR) is 244 cm³/mol. The van der Waals surface area contributed by atoms with Crippen LogP contribution in [-0.2, 0) is 40.8 Å². The summed E-state index contributed by atoms with van der Waals surface area (Å²) in [5, 5.41) is 0. The van der Waals surface area contributed by atoms with E-state index < -0.39 is 0 Å². The van der Waals surface area contributed by atoms with Gasteiger partial charge in [0, 0.05) is 53.2 Å². The van der Waals surface area contributed by atoms with Gasteiger partial charge in [0.25, 0.3) is 0 Å². The Kier molecular flexibility index (Phi) is 25.3. The average molecular weight is 1020 g/mol. The van der Waals surface area contributed by atoms with E-state index in [0.717, 1.165) is 22.8 Å². The molecule has 56 heavy (non-hydrogen) atoms. The molecule has 0 spiro atoms. The third-order valence-electron chi connectivity index (χ3n) is 9.57. The van der Waals surface area contributed by atoms with Gasteiger partial charge in [-0.1, -0.05) is 93.5 Å². The Morgan fingerprint density at radius 3 is 1.04 bits per heavy atom. The molecule has 0 fully saturated rings. The van der Waals surface area contributed by atoms with Crippen LogP contribution in [0.15, 0.2) is 95.2 Å². The van der Waals surface area contributed by atoms with Crippen LogP contribution in [0.3, 0.4) is 0 Å². The van der Waals surface area contributed by atoms with Crippen molar-refractivity contribution in [1.29, 1.82) is 0 Å². The fourth-order valence-electron chi connectivity index (χ4n) is 6.57. The minimum absolute atomic E-state index is 0. The molecule has 0 N–H and O–H groups in total. The van der Waals surface area contributed by atoms with Gasteiger partial charge in [-0.2, -0.15) is 0 Å². The molecule has 0 bridgehead atoms. The smallest absolute Gasteiger partial charge is 0.0812 e. The molecule has 10 heteroatoms. The predicted octanol–water partition coefficient (Wildman–Crippen LogP) is 14.9. The standard InChI is InChI=1S/C46H54N4.4ClH.2Pd/c1-28(2)34-20-43(35-22-39(29(3)4)45(40(23-35)30(5)6)49-26-37-16-12-14-18-47-37)33(11)44(21-34)36-24-41(31(7)8)46(42(25-36)32(9)10)50-27-38-17-13-15-19-48-38;;;;;;/h12-32H,1-11H3;4*1H;;. The number of halogens is 4. The number of hydrogen-bond donors (Lipinski definition) is 0. The molecule has 0 amide bonds. The molecule has 0 unspecified atom stereocenters. The minimum Gasteiger partial charge on any atom is -0.255 e. The number of aliphatic imine (C=N–C) groups is 2. The molecule has 310 valence electrons. The van der Waals surface area contributed by atoms with Crippen LogP contribution >= 0.6 is 49.6 Å². The van der Waals surface area contributed by atoms with Gasteiger partial charge in [0.1, 0.15) is 0 Å². The van der Waals surface area contributed by atoms with Gasteiger partial charge in [-0.05, 0) is 141 Å². The molecular formula is C46H58Cl4N4Pd2. The molecule has 0 radical (unpaired) electrons. The third kappa shape index (κ3) is 13.4. The van der Waals surface area contributed by atoms with Crippen molar-refractivity contribution >= 4 is 73.4 Å². The van der Waals surface area contributed by atoms with E-state index in [0.29, 0.717) is 29.6 Å². The van der Waals surface area contributed by atoms with E-state index in [1.165, 1.54) is 55.6 Å². The van der Waals surface area contributed by atoms with E-state index in [2.05, 4.69) is 123 Å². The Morgan fingerprint density at radius 1 is 0.464 bits per heavy atom. The van der Waals surface area contributed by atoms with Crippen LogP contribution in [0.1, 0.15) is 144 Å². The topological polar surface area (TPSA) is 50.5 Å². The molecule has 2 aromatic heterocycles. The normalized spacial score (nSPS) is 10.9. The number of aromatic nitrogens is 2. The van der Waals surface area contributed by atoms with E-state index >= 15 is 0 Å². The van der Waals surface area contributed by atoms with Gasteiger partial charge in [-0.25, -0.2) is 0 Å². The van der Waals surface area contributed by atoms with Crippen LogP contribution in [0.5, 0.6) is 0 Å². The summed E-state index contributed by atoms with van der Waals surface area (Å²) in [6.45, 7) is 25.0. The molecule has 5 rings (SSSR count). The largest absolute Gasteiger partial charge is 0.255 e. The monoisotopic (exact) mass is 1020 g/mol. The summed E-state index contributed by atoms with van der Waals surface area (Å²) < 4.78 is 0. The SMILES string of the molecule is Cc1c(-c2cc(C(C)C)c(N=Cc3ccccn3)c(C(C)C)c2)cc(C(C)C)cc1-c1cc(C(C)C)c(N=Cc2ccccn2)c(C(C)C)c1.Cl.Cl.Cl.Cl.[Pd].[Pd]. The second-order valence-electron chi connectivity index (χ2n) is 15.0. The molecule has 2 heterocycles. The Bertz CT molecular complexity index is 1820. The van der Waals surface area contributed by atoms with Crippen molar-refractivity contribution in [2.75, 3.05) is 0 Å². The first-order valence-electron chi connectivity index (χ1n) is 18.3. The fraction of sp³-hybridized carbons (Fsp3) is 0.348. The zero-order chi connectivity index (χ0) is 36.1. The Morgan fingerprint density at radius 2 is 0.786 bits per heavy atom. The first-order chi connectivity index (χ1) is 23.8. The van der Waals surface area contributed by atoms with Gasteiger partial charge in [0.05, 0.1) is 35.2 Å². The second kappa shape index (κ2) is 25.3. The van der Waals surface area contributed by atoms with Crippen LogP contribution in [0.2, 0.25) is 0 Å². The summed E-state index contributed by atoms with van der Waals surface area (Å²) >= 11 is 0. The number of pyridine rings is 2. The van der Waals surface area contributed by atoms with Crippen molar-refractivity contribution in [2.24, 2.45) is 9.98 Å². The van der Waals surface area contributed by atoms with Gasteiger partial charge in [0.2, 0.25) is 0 Å². The molecule has 3 aromatic carbocycles. The summed E-state index contributed by atoms with van der Waals surface area (Å²) in [5.74, 6) is 1.59. The molecular weight excluding hydrogens is 963 g/mol. The van der Waals surface area contributed by atoms with Crippen LogP contribution < -0.4 is 0 Å². The zero-order valence-corrected chi connectivity index (χ0v) is 40.6. The molecule has 0 atom stereocenters. The maximum atomic E-state index is 5.08. The van der Waals surface area contributed by atoms with Gasteiger partial charge < -0.3 is 0 Å². The minimum atomic E-state index is 0. The van der Waals surface area contributed by atoms with Crippen molar-refractivity contribution in [2.45, 2.75) is 106 Å². The third-order valence-corrected chi connectivity index (χ3v) is 9.57. The fourth-order valence-corrected chi connectivity index (χ4v) is 6.57. The number of hydrogen-bond acceptors (Lipinski definition) is 4. The average Bonchev–Trinajstić information content (AvgIpc) is 3.09. The molecule has 4 nitrogen and oxygen atoms in total. The molecule has 0 saturated carbocycles. The van der Waals surface area contributed by atoms with E-state index in [-0.39, 0.29) is 90.5 Å². The summed E-state index contributed by atoms with van der Waals surface area (Å²) in [4.78, 5) is 19.1. The summed E-state index contributed by atoms with van der Waals surface area (Å²) in [5.41, 5.74) is 16.6. The van der Waals surface area contributed by atoms with Gasteiger partial charge >= 0.3 is 0 Å². The van der Waals surface area contributed by atoms with Crippen LogP contribution in [0.4, 0.5) is 11.4 Å². The van der Waals surface area contributed by atoms with Crippen molar-refractivity contribution < 1.29 is 40.8 Å². The van der Waals surface area contributed by atoms with Crippen molar-refractivity contribution in [1.82, 2.24) is 9.97 Å². The number of nitrogens with zero attached hydrogens (tertiary/aromatic N) is 4. The van der Waals surface area contributed by atoms with Gasteiger partial charge in [-0.3, -0.25) is 20.0 Å². The first-order valence-corrected chi connectivity index (χ1v) is 18.3. The number of benzene rings is 3. The Hall–Kier alpha value is -2.22. The quantitative estimate of drug-likeness (QED) is 0.0978. The summed E-state index contributed by atoms with van der Waals surface area (Å²) in [7, 11) is 0. The van der Waals surface area contributed by atoms with E-state index in [9.17, 15) is 0 Å². The Labute approximate surface area is 389 Å². The maximum Gasteiger partial charge on any atom is 0.0812 e. The van der Waals surface area contributed by atoms with Gasteiger partial charge in [-0.15, -0.1) is 49.6 Å². The molecule has 5 aromatic rings. The van der Waals surface area contributed by atoms with Gasteiger partial charge in [0.15, 0.2) is 0 Å². The zero-order valence-electron chi connectivity index (χ0n) is 34.2. The van der Waals surface area contributed by atoms with Crippen LogP contribution in [-0.4, -0.2) is 22.4 Å². The first kappa shape index (κ1) is 55.9. The molecule has 0 aliphatic rings. The van der Waals surface area contributed by atoms with Crippen LogP contribution in [0, 0.1) is 6.92 Å². The van der Waals surface area contributed by atoms with Crippen molar-refractivity contribution in [3.8, 4) is 22.3 Å².